The number of benzene rings is 1. The Balaban J connectivity index is 2.12. The van der Waals surface area contributed by atoms with Gasteiger partial charge in [-0.3, -0.25) is 4.79 Å². The number of nitrogen functional groups attached to an aromatic ring is 1. The van der Waals surface area contributed by atoms with Crippen LogP contribution in [0.15, 0.2) is 41.8 Å². The number of rotatable bonds is 4. The average molecular weight is 260 g/mol. The predicted octanol–water partition coefficient (Wildman–Crippen LogP) is 2.99. The molecular formula is C14H16N2OS. The van der Waals surface area contributed by atoms with E-state index in [1.54, 1.807) is 35.6 Å². The van der Waals surface area contributed by atoms with Crippen molar-refractivity contribution in [3.8, 4) is 0 Å². The van der Waals surface area contributed by atoms with Gasteiger partial charge in [0.15, 0.2) is 0 Å². The maximum Gasteiger partial charge on any atom is 0.254 e. The third kappa shape index (κ3) is 2.90. The lowest BCUT2D eigenvalue weighted by Gasteiger charge is -2.20. The van der Waals surface area contributed by atoms with Crippen molar-refractivity contribution < 1.29 is 4.79 Å². The number of nitrogens with two attached hydrogens (primary N) is 1. The van der Waals surface area contributed by atoms with E-state index in [0.717, 1.165) is 0 Å². The lowest BCUT2D eigenvalue weighted by molar-refractivity contribution is 0.0754. The Kier molecular flexibility index (Phi) is 3.99. The van der Waals surface area contributed by atoms with Gasteiger partial charge < -0.3 is 10.6 Å². The molecule has 0 radical (unpaired) electrons. The highest BCUT2D eigenvalue weighted by atomic mass is 32.1. The summed E-state index contributed by atoms with van der Waals surface area (Å²) >= 11 is 1.67. The number of carbonyl (C=O) groups is 1. The van der Waals surface area contributed by atoms with Crippen LogP contribution in [0.3, 0.4) is 0 Å². The van der Waals surface area contributed by atoms with Crippen LogP contribution < -0.4 is 5.73 Å². The van der Waals surface area contributed by atoms with E-state index in [1.807, 2.05) is 29.3 Å². The molecule has 2 rings (SSSR count). The monoisotopic (exact) mass is 260 g/mol. The second kappa shape index (κ2) is 5.69. The van der Waals surface area contributed by atoms with Crippen molar-refractivity contribution >= 4 is 22.9 Å². The van der Waals surface area contributed by atoms with E-state index in [4.69, 9.17) is 5.73 Å². The number of hydrogen-bond donors (Lipinski definition) is 1. The van der Waals surface area contributed by atoms with Gasteiger partial charge in [-0.1, -0.05) is 6.07 Å². The zero-order valence-electron chi connectivity index (χ0n) is 10.3. The molecule has 94 valence electrons. The number of nitrogens with zero attached hydrogens (tertiary/aromatic N) is 1. The van der Waals surface area contributed by atoms with E-state index in [1.165, 1.54) is 4.88 Å². The first-order valence-corrected chi connectivity index (χ1v) is 6.76. The lowest BCUT2D eigenvalue weighted by atomic mass is 10.2. The predicted molar refractivity (Wildman–Crippen MR) is 75.6 cm³/mol. The van der Waals surface area contributed by atoms with Gasteiger partial charge in [0.25, 0.3) is 5.91 Å². The number of hydrogen-bond acceptors (Lipinski definition) is 3. The molecule has 0 saturated heterocycles. The van der Waals surface area contributed by atoms with Crippen LogP contribution in [0.25, 0.3) is 0 Å². The molecule has 1 amide bonds. The fraction of sp³-hybridized carbons (Fsp3) is 0.214. The minimum Gasteiger partial charge on any atom is -0.399 e. The molecule has 0 aliphatic carbocycles. The van der Waals surface area contributed by atoms with Gasteiger partial charge in [0.1, 0.15) is 0 Å². The Morgan fingerprint density at radius 1 is 1.28 bits per heavy atom. The summed E-state index contributed by atoms with van der Waals surface area (Å²) in [5, 5.41) is 2.02. The molecule has 0 spiro atoms. The molecule has 1 aromatic carbocycles. The highest BCUT2D eigenvalue weighted by Gasteiger charge is 2.14. The second-order valence-electron chi connectivity index (χ2n) is 4.02. The van der Waals surface area contributed by atoms with Gasteiger partial charge in [0.2, 0.25) is 0 Å². The van der Waals surface area contributed by atoms with Crippen molar-refractivity contribution in [1.82, 2.24) is 4.90 Å². The van der Waals surface area contributed by atoms with Crippen LogP contribution in [-0.2, 0) is 6.54 Å². The third-order valence-corrected chi connectivity index (χ3v) is 3.61. The molecule has 18 heavy (non-hydrogen) atoms. The maximum atomic E-state index is 12.3. The number of thiophene rings is 1. The molecule has 3 nitrogen and oxygen atoms in total. The quantitative estimate of drug-likeness (QED) is 0.859. The molecular weight excluding hydrogens is 244 g/mol. The molecule has 0 aliphatic rings. The van der Waals surface area contributed by atoms with Gasteiger partial charge in [-0.15, -0.1) is 11.3 Å². The molecule has 0 unspecified atom stereocenters. The van der Waals surface area contributed by atoms with Gasteiger partial charge in [0, 0.05) is 22.7 Å². The SMILES string of the molecule is CCN(Cc1cccs1)C(=O)c1ccc(N)cc1. The summed E-state index contributed by atoms with van der Waals surface area (Å²) in [7, 11) is 0. The van der Waals surface area contributed by atoms with E-state index >= 15 is 0 Å². The van der Waals surface area contributed by atoms with Crippen LogP contribution in [0.5, 0.6) is 0 Å². The minimum absolute atomic E-state index is 0.0471. The van der Waals surface area contributed by atoms with E-state index in [-0.39, 0.29) is 5.91 Å². The summed E-state index contributed by atoms with van der Waals surface area (Å²) in [6.45, 7) is 3.35. The topological polar surface area (TPSA) is 46.3 Å². The number of amides is 1. The van der Waals surface area contributed by atoms with E-state index in [9.17, 15) is 4.79 Å². The first kappa shape index (κ1) is 12.6. The Labute approximate surface area is 111 Å². The van der Waals surface area contributed by atoms with Crippen molar-refractivity contribution in [2.24, 2.45) is 0 Å². The van der Waals surface area contributed by atoms with Crippen LogP contribution in [-0.4, -0.2) is 17.4 Å². The Hall–Kier alpha value is -1.81. The van der Waals surface area contributed by atoms with Gasteiger partial charge in [-0.25, -0.2) is 0 Å². The zero-order chi connectivity index (χ0) is 13.0. The van der Waals surface area contributed by atoms with Crippen LogP contribution in [0.2, 0.25) is 0 Å². The van der Waals surface area contributed by atoms with Crippen molar-refractivity contribution in [3.05, 3.63) is 52.2 Å². The van der Waals surface area contributed by atoms with Gasteiger partial charge >= 0.3 is 0 Å². The summed E-state index contributed by atoms with van der Waals surface area (Å²) in [5.41, 5.74) is 6.98. The standard InChI is InChI=1S/C14H16N2OS/c1-2-16(10-13-4-3-9-18-13)14(17)11-5-7-12(15)8-6-11/h3-9H,2,10,15H2,1H3. The summed E-state index contributed by atoms with van der Waals surface area (Å²) in [4.78, 5) is 15.3. The Morgan fingerprint density at radius 3 is 2.56 bits per heavy atom. The number of anilines is 1. The molecule has 1 heterocycles. The first-order chi connectivity index (χ1) is 8.70. The van der Waals surface area contributed by atoms with E-state index in [0.29, 0.717) is 24.3 Å². The molecule has 2 N–H and O–H groups in total. The summed E-state index contributed by atoms with van der Waals surface area (Å²) < 4.78 is 0. The van der Waals surface area contributed by atoms with Gasteiger partial charge in [-0.05, 0) is 42.6 Å². The third-order valence-electron chi connectivity index (χ3n) is 2.75. The van der Waals surface area contributed by atoms with Crippen molar-refractivity contribution in [2.75, 3.05) is 12.3 Å². The maximum absolute atomic E-state index is 12.3. The summed E-state index contributed by atoms with van der Waals surface area (Å²) in [6, 6.07) is 11.1. The van der Waals surface area contributed by atoms with Gasteiger partial charge in [-0.2, -0.15) is 0 Å². The Bertz CT molecular complexity index is 505. The van der Waals surface area contributed by atoms with E-state index in [2.05, 4.69) is 0 Å². The minimum atomic E-state index is 0.0471. The van der Waals surface area contributed by atoms with E-state index < -0.39 is 0 Å². The molecule has 0 aliphatic heterocycles. The first-order valence-electron chi connectivity index (χ1n) is 5.88. The second-order valence-corrected chi connectivity index (χ2v) is 5.05. The van der Waals surface area contributed by atoms with Crippen molar-refractivity contribution in [2.45, 2.75) is 13.5 Å². The Morgan fingerprint density at radius 2 is 2.00 bits per heavy atom. The number of carbonyl (C=O) groups excluding carboxylic acids is 1. The van der Waals surface area contributed by atoms with Crippen LogP contribution in [0.1, 0.15) is 22.2 Å². The van der Waals surface area contributed by atoms with Crippen LogP contribution in [0.4, 0.5) is 5.69 Å². The molecule has 0 atom stereocenters. The highest BCUT2D eigenvalue weighted by molar-refractivity contribution is 7.09. The van der Waals surface area contributed by atoms with Crippen molar-refractivity contribution in [3.63, 3.8) is 0 Å². The summed E-state index contributed by atoms with van der Waals surface area (Å²) in [5.74, 6) is 0.0471. The average Bonchev–Trinajstić information content (AvgIpc) is 2.89. The van der Waals surface area contributed by atoms with Crippen molar-refractivity contribution in [1.29, 1.82) is 0 Å². The largest absolute Gasteiger partial charge is 0.399 e. The normalized spacial score (nSPS) is 10.3. The lowest BCUT2D eigenvalue weighted by Crippen LogP contribution is -2.29. The fourth-order valence-electron chi connectivity index (χ4n) is 1.73. The summed E-state index contributed by atoms with van der Waals surface area (Å²) in [6.07, 6.45) is 0. The molecule has 0 bridgehead atoms. The molecule has 0 fully saturated rings. The zero-order valence-corrected chi connectivity index (χ0v) is 11.1. The molecule has 0 saturated carbocycles. The highest BCUT2D eigenvalue weighted by Crippen LogP contribution is 2.15. The smallest absolute Gasteiger partial charge is 0.254 e. The molecule has 2 aromatic rings. The fourth-order valence-corrected chi connectivity index (χ4v) is 2.45. The van der Waals surface area contributed by atoms with Gasteiger partial charge in [0.05, 0.1) is 6.54 Å². The van der Waals surface area contributed by atoms with Crippen LogP contribution in [0, 0.1) is 0 Å². The van der Waals surface area contributed by atoms with Crippen LogP contribution >= 0.6 is 11.3 Å². The molecule has 4 heteroatoms. The molecule has 1 aromatic heterocycles.